The lowest BCUT2D eigenvalue weighted by molar-refractivity contribution is -0.118. The topological polar surface area (TPSA) is 59.9 Å². The van der Waals surface area contributed by atoms with Crippen molar-refractivity contribution in [1.29, 1.82) is 0 Å². The largest absolute Gasteiger partial charge is 0.367 e. The lowest BCUT2D eigenvalue weighted by Gasteiger charge is -2.07. The van der Waals surface area contributed by atoms with E-state index in [2.05, 4.69) is 24.3 Å². The maximum atomic E-state index is 10.4. The van der Waals surface area contributed by atoms with Gasteiger partial charge in [0, 0.05) is 6.92 Å². The molecule has 1 unspecified atom stereocenters. The van der Waals surface area contributed by atoms with E-state index in [1.807, 2.05) is 0 Å². The van der Waals surface area contributed by atoms with E-state index in [4.69, 9.17) is 9.57 Å². The van der Waals surface area contributed by atoms with Gasteiger partial charge < -0.3 is 14.9 Å². The predicted molar refractivity (Wildman–Crippen MR) is 58.5 cm³/mol. The fraction of sp³-hybridized carbons (Fsp3) is 0.800. The summed E-state index contributed by atoms with van der Waals surface area (Å²) >= 11 is 0. The van der Waals surface area contributed by atoms with Crippen molar-refractivity contribution in [2.75, 3.05) is 19.9 Å². The number of hydrogen-bond donors (Lipinski definition) is 1. The van der Waals surface area contributed by atoms with Crippen molar-refractivity contribution in [2.24, 2.45) is 11.1 Å². The average molecular weight is 216 g/mol. The van der Waals surface area contributed by atoms with Crippen LogP contribution in [0.5, 0.6) is 0 Å². The first-order chi connectivity index (χ1) is 7.16. The summed E-state index contributed by atoms with van der Waals surface area (Å²) in [6.07, 6.45) is 2.57. The van der Waals surface area contributed by atoms with Gasteiger partial charge in [0.15, 0.2) is 0 Å². The summed E-state index contributed by atoms with van der Waals surface area (Å²) in [5.41, 5.74) is 0. The lowest BCUT2D eigenvalue weighted by Crippen LogP contribution is -2.21. The van der Waals surface area contributed by atoms with Crippen molar-refractivity contribution in [1.82, 2.24) is 5.32 Å². The van der Waals surface area contributed by atoms with Crippen molar-refractivity contribution < 1.29 is 14.4 Å². The molecule has 0 aromatic heterocycles. The van der Waals surface area contributed by atoms with Gasteiger partial charge in [-0.3, -0.25) is 4.79 Å². The molecule has 88 valence electrons. The number of nitrogens with one attached hydrogen (secondary N) is 1. The van der Waals surface area contributed by atoms with Gasteiger partial charge in [-0.1, -0.05) is 25.4 Å². The molecule has 0 heterocycles. The molecular formula is C10H20N2O3. The highest BCUT2D eigenvalue weighted by Gasteiger charge is 1.97. The Morgan fingerprint density at radius 3 is 2.93 bits per heavy atom. The molecule has 1 amide bonds. The van der Waals surface area contributed by atoms with Crippen LogP contribution in [-0.2, 0) is 14.4 Å². The van der Waals surface area contributed by atoms with E-state index in [0.717, 1.165) is 6.42 Å². The van der Waals surface area contributed by atoms with Gasteiger partial charge in [-0.2, -0.15) is 0 Å². The Morgan fingerprint density at radius 1 is 1.60 bits per heavy atom. The lowest BCUT2D eigenvalue weighted by atomic mass is 10.1. The highest BCUT2D eigenvalue weighted by atomic mass is 16.7. The van der Waals surface area contributed by atoms with Crippen LogP contribution in [-0.4, -0.2) is 32.1 Å². The molecule has 0 fully saturated rings. The van der Waals surface area contributed by atoms with E-state index in [1.54, 1.807) is 0 Å². The van der Waals surface area contributed by atoms with Gasteiger partial charge >= 0.3 is 0 Å². The molecule has 0 spiro atoms. The second-order valence-corrected chi connectivity index (χ2v) is 3.36. The molecule has 15 heavy (non-hydrogen) atoms. The fourth-order valence-corrected chi connectivity index (χ4v) is 0.714. The van der Waals surface area contributed by atoms with Crippen LogP contribution in [0.2, 0.25) is 0 Å². The molecule has 0 saturated heterocycles. The molecule has 1 N–H and O–H groups in total. The Labute approximate surface area is 90.8 Å². The minimum absolute atomic E-state index is 0.0885. The number of hydrogen-bond acceptors (Lipinski definition) is 4. The summed E-state index contributed by atoms with van der Waals surface area (Å²) in [6, 6.07) is 0. The van der Waals surface area contributed by atoms with Crippen molar-refractivity contribution >= 4 is 12.1 Å². The van der Waals surface area contributed by atoms with Crippen LogP contribution in [0, 0.1) is 5.92 Å². The summed E-state index contributed by atoms with van der Waals surface area (Å²) in [4.78, 5) is 15.3. The van der Waals surface area contributed by atoms with Crippen LogP contribution in [0.1, 0.15) is 27.2 Å². The summed E-state index contributed by atoms with van der Waals surface area (Å²) < 4.78 is 5.19. The third kappa shape index (κ3) is 10.8. The molecule has 0 aliphatic rings. The van der Waals surface area contributed by atoms with E-state index in [9.17, 15) is 4.79 Å². The number of carbonyl (C=O) groups is 1. The number of carbonyl (C=O) groups excluding carboxylic acids is 1. The van der Waals surface area contributed by atoms with Crippen LogP contribution in [0.4, 0.5) is 0 Å². The predicted octanol–water partition coefficient (Wildman–Crippen LogP) is 1.15. The number of nitrogens with zero attached hydrogens (tertiary/aromatic N) is 1. The van der Waals surface area contributed by atoms with Crippen LogP contribution >= 0.6 is 0 Å². The van der Waals surface area contributed by atoms with Crippen LogP contribution < -0.4 is 5.32 Å². The molecule has 1 atom stereocenters. The molecule has 0 radical (unpaired) electrons. The van der Waals surface area contributed by atoms with Crippen LogP contribution in [0.15, 0.2) is 5.16 Å². The Bertz CT molecular complexity index is 195. The summed E-state index contributed by atoms with van der Waals surface area (Å²) in [5, 5.41) is 6.16. The standard InChI is InChI=1S/C10H20N2O3/c1-4-9(2)7-14-8-15-12-6-5-11-10(3)13/h6,9H,4-5,7-8H2,1-3H3,(H,11,13). The smallest absolute Gasteiger partial charge is 0.217 e. The van der Waals surface area contributed by atoms with Gasteiger partial charge in [-0.05, 0) is 5.92 Å². The minimum atomic E-state index is -0.0885. The third-order valence-corrected chi connectivity index (χ3v) is 1.83. The van der Waals surface area contributed by atoms with Gasteiger partial charge in [0.2, 0.25) is 12.7 Å². The molecule has 0 aliphatic carbocycles. The Balaban J connectivity index is 3.20. The van der Waals surface area contributed by atoms with Gasteiger partial charge in [-0.25, -0.2) is 0 Å². The van der Waals surface area contributed by atoms with Gasteiger partial charge in [0.05, 0.1) is 19.4 Å². The van der Waals surface area contributed by atoms with E-state index in [-0.39, 0.29) is 12.7 Å². The molecule has 0 saturated carbocycles. The van der Waals surface area contributed by atoms with E-state index in [0.29, 0.717) is 19.1 Å². The molecule has 0 aromatic rings. The summed E-state index contributed by atoms with van der Waals surface area (Å²) in [6.45, 7) is 6.88. The first kappa shape index (κ1) is 13.9. The molecule has 0 aliphatic heterocycles. The zero-order chi connectivity index (χ0) is 11.5. The third-order valence-electron chi connectivity index (χ3n) is 1.83. The molecule has 0 aromatic carbocycles. The van der Waals surface area contributed by atoms with Crippen molar-refractivity contribution in [2.45, 2.75) is 27.2 Å². The molecular weight excluding hydrogens is 196 g/mol. The van der Waals surface area contributed by atoms with Gasteiger partial charge in [-0.15, -0.1) is 0 Å². The van der Waals surface area contributed by atoms with Crippen molar-refractivity contribution in [3.8, 4) is 0 Å². The SMILES string of the molecule is CCC(C)COCON=CCNC(C)=O. The van der Waals surface area contributed by atoms with Crippen molar-refractivity contribution in [3.05, 3.63) is 0 Å². The van der Waals surface area contributed by atoms with Crippen LogP contribution in [0.3, 0.4) is 0 Å². The first-order valence-corrected chi connectivity index (χ1v) is 5.12. The zero-order valence-corrected chi connectivity index (χ0v) is 9.66. The maximum absolute atomic E-state index is 10.4. The van der Waals surface area contributed by atoms with E-state index >= 15 is 0 Å². The summed E-state index contributed by atoms with van der Waals surface area (Å²) in [7, 11) is 0. The number of amides is 1. The van der Waals surface area contributed by atoms with Crippen LogP contribution in [0.25, 0.3) is 0 Å². The van der Waals surface area contributed by atoms with E-state index in [1.165, 1.54) is 13.1 Å². The number of ether oxygens (including phenoxy) is 1. The first-order valence-electron chi connectivity index (χ1n) is 5.12. The van der Waals surface area contributed by atoms with E-state index < -0.39 is 0 Å². The highest BCUT2D eigenvalue weighted by Crippen LogP contribution is 1.99. The Kier molecular flexibility index (Phi) is 8.76. The molecule has 5 heteroatoms. The highest BCUT2D eigenvalue weighted by molar-refractivity contribution is 5.76. The fourth-order valence-electron chi connectivity index (χ4n) is 0.714. The zero-order valence-electron chi connectivity index (χ0n) is 9.66. The summed E-state index contributed by atoms with van der Waals surface area (Å²) in [5.74, 6) is 0.450. The van der Waals surface area contributed by atoms with Gasteiger partial charge in [0.25, 0.3) is 0 Å². The maximum Gasteiger partial charge on any atom is 0.217 e. The van der Waals surface area contributed by atoms with Crippen molar-refractivity contribution in [3.63, 3.8) is 0 Å². The Morgan fingerprint density at radius 2 is 2.33 bits per heavy atom. The number of oxime groups is 1. The second kappa shape index (κ2) is 9.45. The minimum Gasteiger partial charge on any atom is -0.367 e. The molecule has 5 nitrogen and oxygen atoms in total. The second-order valence-electron chi connectivity index (χ2n) is 3.36. The quantitative estimate of drug-likeness (QED) is 0.286. The number of rotatable bonds is 8. The average Bonchev–Trinajstić information content (AvgIpc) is 2.21. The van der Waals surface area contributed by atoms with Gasteiger partial charge in [0.1, 0.15) is 0 Å². The molecule has 0 rings (SSSR count). The molecule has 0 bridgehead atoms. The Hall–Kier alpha value is -1.10. The monoisotopic (exact) mass is 216 g/mol. The normalized spacial score (nSPS) is 12.7.